The van der Waals surface area contributed by atoms with Crippen molar-refractivity contribution in [1.29, 1.82) is 0 Å². The summed E-state index contributed by atoms with van der Waals surface area (Å²) in [5.41, 5.74) is 3.09. The summed E-state index contributed by atoms with van der Waals surface area (Å²) in [5.74, 6) is 0.888. The Hall–Kier alpha value is -1.75. The van der Waals surface area contributed by atoms with Gasteiger partial charge in [0.05, 0.1) is 33.7 Å². The van der Waals surface area contributed by atoms with E-state index in [1.165, 1.54) is 0 Å². The zero-order valence-electron chi connectivity index (χ0n) is 13.0. The van der Waals surface area contributed by atoms with Crippen LogP contribution in [0.5, 0.6) is 0 Å². The molecule has 24 heavy (non-hydrogen) atoms. The van der Waals surface area contributed by atoms with Gasteiger partial charge in [0.1, 0.15) is 0 Å². The average Bonchev–Trinajstić information content (AvgIpc) is 3.15. The lowest BCUT2D eigenvalue weighted by atomic mass is 10.2. The molecular weight excluding hydrogens is 345 g/mol. The van der Waals surface area contributed by atoms with Gasteiger partial charge in [-0.05, 0) is 36.2 Å². The second-order valence-corrected chi connectivity index (χ2v) is 6.94. The van der Waals surface area contributed by atoms with Gasteiger partial charge in [0.25, 0.3) is 0 Å². The molecule has 1 aliphatic rings. The van der Waals surface area contributed by atoms with E-state index in [2.05, 4.69) is 15.5 Å². The number of fused-ring (bicyclic) bond motifs is 1. The van der Waals surface area contributed by atoms with Crippen molar-refractivity contribution in [1.82, 2.24) is 9.55 Å². The third-order valence-corrected chi connectivity index (χ3v) is 5.14. The van der Waals surface area contributed by atoms with Crippen LogP contribution in [0.1, 0.15) is 12.0 Å². The highest BCUT2D eigenvalue weighted by molar-refractivity contribution is 6.42. The molecule has 0 radical (unpaired) electrons. The lowest BCUT2D eigenvalue weighted by Crippen LogP contribution is -2.25. The molecular formula is C18H17Cl2N3O. The molecule has 0 bridgehead atoms. The molecule has 6 heteroatoms. The van der Waals surface area contributed by atoms with E-state index in [0.717, 1.165) is 35.5 Å². The van der Waals surface area contributed by atoms with Crippen LogP contribution in [0.25, 0.3) is 11.0 Å². The molecule has 4 rings (SSSR count). The summed E-state index contributed by atoms with van der Waals surface area (Å²) >= 11 is 12.2. The molecule has 0 aliphatic carbocycles. The number of imidazole rings is 1. The molecule has 4 nitrogen and oxygen atoms in total. The first-order valence-electron chi connectivity index (χ1n) is 7.94. The van der Waals surface area contributed by atoms with Crippen LogP contribution in [0, 0.1) is 0 Å². The zero-order valence-corrected chi connectivity index (χ0v) is 14.5. The van der Waals surface area contributed by atoms with E-state index in [0.29, 0.717) is 23.1 Å². The first-order chi connectivity index (χ1) is 11.6. The first-order valence-corrected chi connectivity index (χ1v) is 8.69. The molecule has 1 atom stereocenters. The number of benzene rings is 2. The van der Waals surface area contributed by atoms with Crippen molar-refractivity contribution in [3.05, 3.63) is 58.1 Å². The van der Waals surface area contributed by atoms with Crippen molar-refractivity contribution in [3.63, 3.8) is 0 Å². The first kappa shape index (κ1) is 15.8. The Morgan fingerprint density at radius 1 is 1.12 bits per heavy atom. The maximum absolute atomic E-state index is 9.87. The van der Waals surface area contributed by atoms with Gasteiger partial charge in [-0.1, -0.05) is 41.4 Å². The number of aliphatic hydroxyl groups is 1. The summed E-state index contributed by atoms with van der Waals surface area (Å²) in [7, 11) is 0. The monoisotopic (exact) mass is 361 g/mol. The number of nitrogens with zero attached hydrogens (tertiary/aromatic N) is 3. The number of β-amino-alcohol motifs (C(OH)–C–C–N with tert-alkyl or cyclic N) is 1. The number of aromatic nitrogens is 2. The Morgan fingerprint density at radius 2 is 1.96 bits per heavy atom. The van der Waals surface area contributed by atoms with Gasteiger partial charge in [0, 0.05) is 13.1 Å². The topological polar surface area (TPSA) is 41.3 Å². The Kier molecular flexibility index (Phi) is 4.12. The number of halogens is 2. The van der Waals surface area contributed by atoms with Crippen LogP contribution in [0.3, 0.4) is 0 Å². The predicted octanol–water partition coefficient (Wildman–Crippen LogP) is 3.96. The molecule has 0 unspecified atom stereocenters. The van der Waals surface area contributed by atoms with Crippen molar-refractivity contribution in [2.45, 2.75) is 19.1 Å². The normalized spacial score (nSPS) is 17.8. The summed E-state index contributed by atoms with van der Waals surface area (Å²) in [6.45, 7) is 2.08. The molecule has 1 fully saturated rings. The minimum atomic E-state index is -0.289. The second-order valence-electron chi connectivity index (χ2n) is 6.12. The number of rotatable bonds is 3. The lowest BCUT2D eigenvalue weighted by molar-refractivity contribution is 0.198. The fourth-order valence-corrected chi connectivity index (χ4v) is 3.52. The highest BCUT2D eigenvalue weighted by Crippen LogP contribution is 2.28. The summed E-state index contributed by atoms with van der Waals surface area (Å²) in [6.07, 6.45) is 0.485. The molecule has 2 heterocycles. The van der Waals surface area contributed by atoms with Gasteiger partial charge < -0.3 is 14.6 Å². The SMILES string of the molecule is O[C@@H]1CCN(c2nc3ccccc3n2Cc2ccc(Cl)c(Cl)c2)C1. The van der Waals surface area contributed by atoms with Crippen LogP contribution in [0.2, 0.25) is 10.0 Å². The van der Waals surface area contributed by atoms with Crippen LogP contribution in [-0.4, -0.2) is 33.9 Å². The molecule has 1 aromatic heterocycles. The van der Waals surface area contributed by atoms with Crippen molar-refractivity contribution in [2.24, 2.45) is 0 Å². The Labute approximate surface area is 150 Å². The van der Waals surface area contributed by atoms with Gasteiger partial charge in [-0.15, -0.1) is 0 Å². The Balaban J connectivity index is 1.78. The predicted molar refractivity (Wildman–Crippen MR) is 98.1 cm³/mol. The summed E-state index contributed by atoms with van der Waals surface area (Å²) in [5, 5.41) is 11.0. The zero-order chi connectivity index (χ0) is 16.7. The molecule has 1 N–H and O–H groups in total. The number of hydrogen-bond donors (Lipinski definition) is 1. The van der Waals surface area contributed by atoms with Crippen molar-refractivity contribution < 1.29 is 5.11 Å². The molecule has 124 valence electrons. The van der Waals surface area contributed by atoms with E-state index in [1.54, 1.807) is 0 Å². The van der Waals surface area contributed by atoms with Crippen LogP contribution >= 0.6 is 23.2 Å². The van der Waals surface area contributed by atoms with E-state index >= 15 is 0 Å². The quantitative estimate of drug-likeness (QED) is 0.767. The standard InChI is InChI=1S/C18H17Cl2N3O/c19-14-6-5-12(9-15(14)20)10-23-17-4-2-1-3-16(17)21-18(23)22-8-7-13(24)11-22/h1-6,9,13,24H,7-8,10-11H2/t13-/m1/s1. The minimum Gasteiger partial charge on any atom is -0.391 e. The molecule has 0 amide bonds. The van der Waals surface area contributed by atoms with Crippen LogP contribution in [-0.2, 0) is 6.54 Å². The van der Waals surface area contributed by atoms with Crippen LogP contribution < -0.4 is 4.90 Å². The van der Waals surface area contributed by atoms with E-state index < -0.39 is 0 Å². The van der Waals surface area contributed by atoms with Crippen molar-refractivity contribution in [2.75, 3.05) is 18.0 Å². The summed E-state index contributed by atoms with van der Waals surface area (Å²) < 4.78 is 2.17. The van der Waals surface area contributed by atoms with E-state index in [-0.39, 0.29) is 6.10 Å². The highest BCUT2D eigenvalue weighted by Gasteiger charge is 2.25. The Morgan fingerprint density at radius 3 is 2.71 bits per heavy atom. The summed E-state index contributed by atoms with van der Waals surface area (Å²) in [4.78, 5) is 6.93. The number of anilines is 1. The van der Waals surface area contributed by atoms with Gasteiger partial charge in [-0.3, -0.25) is 0 Å². The van der Waals surface area contributed by atoms with Crippen molar-refractivity contribution >= 4 is 40.2 Å². The van der Waals surface area contributed by atoms with Crippen LogP contribution in [0.15, 0.2) is 42.5 Å². The largest absolute Gasteiger partial charge is 0.391 e. The minimum absolute atomic E-state index is 0.289. The Bertz CT molecular complexity index is 893. The molecule has 3 aromatic rings. The maximum Gasteiger partial charge on any atom is 0.206 e. The van der Waals surface area contributed by atoms with E-state index in [1.807, 2.05) is 36.4 Å². The maximum atomic E-state index is 9.87. The van der Waals surface area contributed by atoms with Gasteiger partial charge in [0.15, 0.2) is 0 Å². The average molecular weight is 362 g/mol. The van der Waals surface area contributed by atoms with E-state index in [4.69, 9.17) is 28.2 Å². The van der Waals surface area contributed by atoms with Crippen LogP contribution in [0.4, 0.5) is 5.95 Å². The summed E-state index contributed by atoms with van der Waals surface area (Å²) in [6, 6.07) is 13.8. The smallest absolute Gasteiger partial charge is 0.206 e. The number of hydrogen-bond acceptors (Lipinski definition) is 3. The molecule has 0 spiro atoms. The third-order valence-electron chi connectivity index (χ3n) is 4.41. The number of aliphatic hydroxyl groups excluding tert-OH is 1. The lowest BCUT2D eigenvalue weighted by Gasteiger charge is -2.19. The van der Waals surface area contributed by atoms with Gasteiger partial charge in [-0.2, -0.15) is 0 Å². The molecule has 1 aliphatic heterocycles. The molecule has 1 saturated heterocycles. The van der Waals surface area contributed by atoms with Gasteiger partial charge >= 0.3 is 0 Å². The fourth-order valence-electron chi connectivity index (χ4n) is 3.20. The third kappa shape index (κ3) is 2.86. The number of para-hydroxylation sites is 2. The second kappa shape index (κ2) is 6.28. The molecule has 0 saturated carbocycles. The highest BCUT2D eigenvalue weighted by atomic mass is 35.5. The van der Waals surface area contributed by atoms with E-state index in [9.17, 15) is 5.11 Å². The molecule has 2 aromatic carbocycles. The van der Waals surface area contributed by atoms with Gasteiger partial charge in [-0.25, -0.2) is 4.98 Å². The fraction of sp³-hybridized carbons (Fsp3) is 0.278. The van der Waals surface area contributed by atoms with Crippen molar-refractivity contribution in [3.8, 4) is 0 Å². The van der Waals surface area contributed by atoms with Gasteiger partial charge in [0.2, 0.25) is 5.95 Å².